The molecule has 1 unspecified atom stereocenters. The summed E-state index contributed by atoms with van der Waals surface area (Å²) in [5.74, 6) is 1.31. The van der Waals surface area contributed by atoms with Crippen LogP contribution in [-0.4, -0.2) is 26.9 Å². The number of aliphatic hydroxyl groups excluding tert-OH is 1. The van der Waals surface area contributed by atoms with Crippen LogP contribution in [0.4, 0.5) is 10.2 Å². The predicted molar refractivity (Wildman–Crippen MR) is 131 cm³/mol. The van der Waals surface area contributed by atoms with Crippen LogP contribution < -0.4 is 0 Å². The molecule has 0 radical (unpaired) electrons. The zero-order valence-electron chi connectivity index (χ0n) is 18.7. The second kappa shape index (κ2) is 10.7. The van der Waals surface area contributed by atoms with Gasteiger partial charge in [0.1, 0.15) is 30.3 Å². The zero-order valence-corrected chi connectivity index (χ0v) is 19.5. The average Bonchev–Trinajstić information content (AvgIpc) is 3.32. The van der Waals surface area contributed by atoms with Crippen molar-refractivity contribution in [1.82, 2.24) is 9.97 Å². The lowest BCUT2D eigenvalue weighted by Crippen LogP contribution is -2.09. The highest BCUT2D eigenvalue weighted by molar-refractivity contribution is 6.31. The standard InChI is InChI=1S/C26H23ClFN3O3/c1-16(10-23(27)17(2)33-14-18-4-3-5-20(28)11-18)31-26-22-12-19(6-8-24(22)29-15-30-26)25-9-7-21(13-32)34-25/h3-12,15,17,32H,13-14H2,1-2H3. The Bertz CT molecular complexity index is 1370. The molecule has 0 spiro atoms. The Morgan fingerprint density at radius 3 is 2.82 bits per heavy atom. The predicted octanol–water partition coefficient (Wildman–Crippen LogP) is 6.34. The molecule has 34 heavy (non-hydrogen) atoms. The van der Waals surface area contributed by atoms with E-state index in [0.29, 0.717) is 28.1 Å². The second-order valence-corrected chi connectivity index (χ2v) is 8.16. The molecule has 0 aliphatic carbocycles. The normalized spacial score (nSPS) is 13.4. The summed E-state index contributed by atoms with van der Waals surface area (Å²) in [5, 5.41) is 10.5. The molecule has 4 aromatic rings. The number of fused-ring (bicyclic) bond motifs is 1. The molecule has 2 heterocycles. The van der Waals surface area contributed by atoms with Gasteiger partial charge in [-0.15, -0.1) is 0 Å². The molecule has 1 atom stereocenters. The van der Waals surface area contributed by atoms with E-state index in [0.717, 1.165) is 22.0 Å². The Morgan fingerprint density at radius 1 is 1.21 bits per heavy atom. The number of aliphatic hydroxyl groups is 1. The van der Waals surface area contributed by atoms with E-state index in [1.807, 2.05) is 32.0 Å². The molecule has 0 aliphatic rings. The highest BCUT2D eigenvalue weighted by Crippen LogP contribution is 2.29. The summed E-state index contributed by atoms with van der Waals surface area (Å²) in [6.45, 7) is 3.72. The fourth-order valence-corrected chi connectivity index (χ4v) is 3.57. The number of hydrogen-bond donors (Lipinski definition) is 1. The molecule has 2 aromatic heterocycles. The Kier molecular flexibility index (Phi) is 7.47. The van der Waals surface area contributed by atoms with Crippen molar-refractivity contribution in [2.45, 2.75) is 33.2 Å². The Balaban J connectivity index is 1.54. The maximum atomic E-state index is 13.3. The zero-order chi connectivity index (χ0) is 24.1. The number of hydrogen-bond acceptors (Lipinski definition) is 6. The highest BCUT2D eigenvalue weighted by atomic mass is 35.5. The van der Waals surface area contributed by atoms with Gasteiger partial charge in [0.15, 0.2) is 5.82 Å². The van der Waals surface area contributed by atoms with Crippen LogP contribution in [0.2, 0.25) is 0 Å². The summed E-state index contributed by atoms with van der Waals surface area (Å²) in [5.41, 5.74) is 2.93. The summed E-state index contributed by atoms with van der Waals surface area (Å²) in [4.78, 5) is 13.3. The number of ether oxygens (including phenoxy) is 1. The molecule has 0 saturated heterocycles. The van der Waals surface area contributed by atoms with Crippen molar-refractivity contribution in [2.75, 3.05) is 0 Å². The first kappa shape index (κ1) is 23.8. The van der Waals surface area contributed by atoms with Crippen LogP contribution in [0, 0.1) is 5.82 Å². The molecule has 0 aliphatic heterocycles. The fraction of sp³-hybridized carbons (Fsp3) is 0.192. The largest absolute Gasteiger partial charge is 0.459 e. The topological polar surface area (TPSA) is 80.7 Å². The van der Waals surface area contributed by atoms with Gasteiger partial charge in [0, 0.05) is 21.7 Å². The number of allylic oxidation sites excluding steroid dienone is 1. The van der Waals surface area contributed by atoms with Gasteiger partial charge in [-0.1, -0.05) is 23.7 Å². The van der Waals surface area contributed by atoms with E-state index in [-0.39, 0.29) is 19.0 Å². The van der Waals surface area contributed by atoms with Crippen LogP contribution in [0.3, 0.4) is 0 Å². The van der Waals surface area contributed by atoms with Crippen LogP contribution >= 0.6 is 11.6 Å². The van der Waals surface area contributed by atoms with E-state index in [9.17, 15) is 9.50 Å². The first-order valence-corrected chi connectivity index (χ1v) is 11.0. The van der Waals surface area contributed by atoms with E-state index in [1.54, 1.807) is 30.3 Å². The van der Waals surface area contributed by atoms with Gasteiger partial charge in [-0.25, -0.2) is 19.4 Å². The van der Waals surface area contributed by atoms with Gasteiger partial charge < -0.3 is 14.3 Å². The molecule has 0 fully saturated rings. The smallest absolute Gasteiger partial charge is 0.163 e. The van der Waals surface area contributed by atoms with Crippen molar-refractivity contribution < 1.29 is 18.7 Å². The average molecular weight is 480 g/mol. The molecular weight excluding hydrogens is 457 g/mol. The first-order valence-electron chi connectivity index (χ1n) is 10.7. The van der Waals surface area contributed by atoms with Gasteiger partial charge in [-0.2, -0.15) is 0 Å². The number of nitrogens with zero attached hydrogens (tertiary/aromatic N) is 3. The molecule has 6 nitrogen and oxygen atoms in total. The summed E-state index contributed by atoms with van der Waals surface area (Å²) in [6, 6.07) is 15.4. The summed E-state index contributed by atoms with van der Waals surface area (Å²) in [7, 11) is 0. The molecule has 8 heteroatoms. The number of furan rings is 1. The van der Waals surface area contributed by atoms with E-state index in [1.165, 1.54) is 18.5 Å². The molecule has 4 rings (SSSR count). The minimum Gasteiger partial charge on any atom is -0.459 e. The minimum absolute atomic E-state index is 0.164. The van der Waals surface area contributed by atoms with Crippen LogP contribution in [-0.2, 0) is 18.0 Å². The Hall–Kier alpha value is -3.39. The minimum atomic E-state index is -0.400. The third-order valence-corrected chi connectivity index (χ3v) is 5.54. The van der Waals surface area contributed by atoms with E-state index >= 15 is 0 Å². The van der Waals surface area contributed by atoms with Crippen molar-refractivity contribution >= 4 is 34.0 Å². The monoisotopic (exact) mass is 479 g/mol. The van der Waals surface area contributed by atoms with Gasteiger partial charge in [-0.05, 0) is 68.0 Å². The Morgan fingerprint density at radius 2 is 2.06 bits per heavy atom. The number of benzene rings is 2. The summed E-state index contributed by atoms with van der Waals surface area (Å²) < 4.78 is 24.8. The van der Waals surface area contributed by atoms with Gasteiger partial charge in [0.05, 0.1) is 18.2 Å². The lowest BCUT2D eigenvalue weighted by Gasteiger charge is -2.12. The molecule has 2 aromatic carbocycles. The molecule has 1 N–H and O–H groups in total. The van der Waals surface area contributed by atoms with Crippen LogP contribution in [0.25, 0.3) is 22.2 Å². The van der Waals surface area contributed by atoms with Gasteiger partial charge in [0.2, 0.25) is 0 Å². The van der Waals surface area contributed by atoms with Crippen molar-refractivity contribution in [3.63, 3.8) is 0 Å². The molecule has 0 amide bonds. The highest BCUT2D eigenvalue weighted by Gasteiger charge is 2.11. The Labute approximate surface area is 201 Å². The van der Waals surface area contributed by atoms with Crippen molar-refractivity contribution in [3.8, 4) is 11.3 Å². The third kappa shape index (κ3) is 5.75. The first-order chi connectivity index (χ1) is 16.4. The van der Waals surface area contributed by atoms with E-state index in [2.05, 4.69) is 15.0 Å². The maximum Gasteiger partial charge on any atom is 0.163 e. The van der Waals surface area contributed by atoms with Crippen LogP contribution in [0.5, 0.6) is 0 Å². The summed E-state index contributed by atoms with van der Waals surface area (Å²) in [6.07, 6.45) is 2.78. The fourth-order valence-electron chi connectivity index (χ4n) is 3.35. The lowest BCUT2D eigenvalue weighted by atomic mass is 10.1. The van der Waals surface area contributed by atoms with E-state index < -0.39 is 6.10 Å². The molecule has 0 saturated carbocycles. The quantitative estimate of drug-likeness (QED) is 0.298. The lowest BCUT2D eigenvalue weighted by molar-refractivity contribution is 0.0811. The van der Waals surface area contributed by atoms with Gasteiger partial charge in [-0.3, -0.25) is 0 Å². The molecule has 174 valence electrons. The second-order valence-electron chi connectivity index (χ2n) is 7.72. The maximum absolute atomic E-state index is 13.3. The van der Waals surface area contributed by atoms with Crippen molar-refractivity contribution in [2.24, 2.45) is 4.99 Å². The third-order valence-electron chi connectivity index (χ3n) is 5.12. The van der Waals surface area contributed by atoms with Gasteiger partial charge in [0.25, 0.3) is 0 Å². The molecule has 0 bridgehead atoms. The van der Waals surface area contributed by atoms with Crippen molar-refractivity contribution in [3.05, 3.63) is 89.2 Å². The number of halogens is 2. The van der Waals surface area contributed by atoms with E-state index in [4.69, 9.17) is 20.8 Å². The van der Waals surface area contributed by atoms with Crippen molar-refractivity contribution in [1.29, 1.82) is 0 Å². The SMILES string of the molecule is CC(C=C(Cl)C(C)OCc1cccc(F)c1)=Nc1ncnc2ccc(-c3ccc(CO)o3)cc12. The van der Waals surface area contributed by atoms with Crippen LogP contribution in [0.1, 0.15) is 25.2 Å². The van der Waals surface area contributed by atoms with Gasteiger partial charge >= 0.3 is 0 Å². The molecular formula is C26H23ClFN3O3. The number of aliphatic imine (C=N–C) groups is 1. The van der Waals surface area contributed by atoms with Crippen LogP contribution in [0.15, 0.2) is 81.4 Å². The number of rotatable bonds is 8. The number of aromatic nitrogens is 2. The summed E-state index contributed by atoms with van der Waals surface area (Å²) >= 11 is 6.45.